The monoisotopic (exact) mass is 202 g/mol. The standard InChI is InChI=1S/C9H18N2O3/c1-6(2)8(9(10)14)11-7(13)4-3-5-12/h6,8,12H,3-5H2,1-2H3,(H2,10,14)(H,11,13). The van der Waals surface area contributed by atoms with Crippen molar-refractivity contribution in [3.63, 3.8) is 0 Å². The normalized spacial score (nSPS) is 12.6. The second-order valence-corrected chi connectivity index (χ2v) is 3.52. The minimum absolute atomic E-state index is 0.0226. The molecule has 0 aromatic rings. The summed E-state index contributed by atoms with van der Waals surface area (Å²) >= 11 is 0. The SMILES string of the molecule is CC(C)C(NC(=O)CCCO)C(N)=O. The first-order valence-electron chi connectivity index (χ1n) is 4.68. The molecule has 0 saturated heterocycles. The third kappa shape index (κ3) is 4.81. The van der Waals surface area contributed by atoms with Gasteiger partial charge in [-0.05, 0) is 12.3 Å². The van der Waals surface area contributed by atoms with Crippen molar-refractivity contribution in [2.24, 2.45) is 11.7 Å². The molecule has 0 aliphatic carbocycles. The lowest BCUT2D eigenvalue weighted by atomic mass is 10.0. The Balaban J connectivity index is 4.04. The van der Waals surface area contributed by atoms with Crippen molar-refractivity contribution >= 4 is 11.8 Å². The van der Waals surface area contributed by atoms with Crippen molar-refractivity contribution in [3.8, 4) is 0 Å². The van der Waals surface area contributed by atoms with E-state index in [0.29, 0.717) is 6.42 Å². The maximum Gasteiger partial charge on any atom is 0.240 e. The third-order valence-corrected chi connectivity index (χ3v) is 1.85. The summed E-state index contributed by atoms with van der Waals surface area (Å²) in [7, 11) is 0. The molecule has 0 heterocycles. The highest BCUT2D eigenvalue weighted by Gasteiger charge is 2.20. The number of nitrogens with one attached hydrogen (secondary N) is 1. The molecule has 4 N–H and O–H groups in total. The zero-order chi connectivity index (χ0) is 11.1. The van der Waals surface area contributed by atoms with E-state index in [9.17, 15) is 9.59 Å². The second-order valence-electron chi connectivity index (χ2n) is 3.52. The van der Waals surface area contributed by atoms with Gasteiger partial charge in [0.1, 0.15) is 6.04 Å². The van der Waals surface area contributed by atoms with Gasteiger partial charge in [0.05, 0.1) is 0 Å². The first-order chi connectivity index (χ1) is 6.49. The van der Waals surface area contributed by atoms with E-state index < -0.39 is 11.9 Å². The van der Waals surface area contributed by atoms with Crippen LogP contribution in [0.3, 0.4) is 0 Å². The highest BCUT2D eigenvalue weighted by atomic mass is 16.3. The lowest BCUT2D eigenvalue weighted by Crippen LogP contribution is -2.47. The van der Waals surface area contributed by atoms with Gasteiger partial charge in [0, 0.05) is 13.0 Å². The number of rotatable bonds is 6. The first kappa shape index (κ1) is 12.9. The quantitative estimate of drug-likeness (QED) is 0.536. The molecule has 0 saturated carbocycles. The zero-order valence-corrected chi connectivity index (χ0v) is 8.62. The fourth-order valence-corrected chi connectivity index (χ4v) is 1.05. The number of nitrogens with two attached hydrogens (primary N) is 1. The Morgan fingerprint density at radius 2 is 2.00 bits per heavy atom. The third-order valence-electron chi connectivity index (χ3n) is 1.85. The van der Waals surface area contributed by atoms with E-state index >= 15 is 0 Å². The average Bonchev–Trinajstić information content (AvgIpc) is 2.09. The maximum atomic E-state index is 11.2. The Hall–Kier alpha value is -1.10. The summed E-state index contributed by atoms with van der Waals surface area (Å²) in [6.07, 6.45) is 0.614. The number of aliphatic hydroxyl groups is 1. The Kier molecular flexibility index (Phi) is 5.87. The lowest BCUT2D eigenvalue weighted by molar-refractivity contribution is -0.128. The minimum Gasteiger partial charge on any atom is -0.396 e. The van der Waals surface area contributed by atoms with Crippen LogP contribution in [0, 0.1) is 5.92 Å². The number of aliphatic hydroxyl groups excluding tert-OH is 1. The summed E-state index contributed by atoms with van der Waals surface area (Å²) in [4.78, 5) is 22.1. The summed E-state index contributed by atoms with van der Waals surface area (Å²) < 4.78 is 0. The van der Waals surface area contributed by atoms with E-state index in [1.807, 2.05) is 13.8 Å². The van der Waals surface area contributed by atoms with Crippen molar-refractivity contribution in [3.05, 3.63) is 0 Å². The largest absolute Gasteiger partial charge is 0.396 e. The molecular weight excluding hydrogens is 184 g/mol. The Morgan fingerprint density at radius 3 is 2.36 bits per heavy atom. The maximum absolute atomic E-state index is 11.2. The zero-order valence-electron chi connectivity index (χ0n) is 8.62. The lowest BCUT2D eigenvalue weighted by Gasteiger charge is -2.18. The van der Waals surface area contributed by atoms with Gasteiger partial charge in [-0.2, -0.15) is 0 Å². The molecule has 0 aliphatic rings. The number of hydrogen-bond acceptors (Lipinski definition) is 3. The molecular formula is C9H18N2O3. The summed E-state index contributed by atoms with van der Waals surface area (Å²) in [5.41, 5.74) is 5.11. The van der Waals surface area contributed by atoms with Crippen LogP contribution in [0.25, 0.3) is 0 Å². The summed E-state index contributed by atoms with van der Waals surface area (Å²) in [5, 5.41) is 11.0. The predicted molar refractivity (Wildman–Crippen MR) is 52.3 cm³/mol. The van der Waals surface area contributed by atoms with Crippen molar-refractivity contribution in [2.45, 2.75) is 32.7 Å². The van der Waals surface area contributed by atoms with Crippen LogP contribution in [0.2, 0.25) is 0 Å². The minimum atomic E-state index is -0.624. The van der Waals surface area contributed by atoms with E-state index in [1.54, 1.807) is 0 Å². The van der Waals surface area contributed by atoms with Gasteiger partial charge in [0.25, 0.3) is 0 Å². The first-order valence-corrected chi connectivity index (χ1v) is 4.68. The number of hydrogen-bond donors (Lipinski definition) is 3. The van der Waals surface area contributed by atoms with Crippen LogP contribution in [-0.4, -0.2) is 29.6 Å². The summed E-state index contributed by atoms with van der Waals surface area (Å²) in [6, 6.07) is -0.624. The van der Waals surface area contributed by atoms with Crippen molar-refractivity contribution in [1.29, 1.82) is 0 Å². The van der Waals surface area contributed by atoms with Crippen LogP contribution >= 0.6 is 0 Å². The second kappa shape index (κ2) is 6.37. The van der Waals surface area contributed by atoms with Crippen LogP contribution < -0.4 is 11.1 Å². The van der Waals surface area contributed by atoms with E-state index in [4.69, 9.17) is 10.8 Å². The predicted octanol–water partition coefficient (Wildman–Crippen LogP) is -0.615. The fourth-order valence-electron chi connectivity index (χ4n) is 1.05. The van der Waals surface area contributed by atoms with Crippen molar-refractivity contribution in [1.82, 2.24) is 5.32 Å². The Bertz CT molecular complexity index is 204. The molecule has 0 aromatic carbocycles. The number of amides is 2. The molecule has 0 aliphatic heterocycles. The molecule has 2 amide bonds. The van der Waals surface area contributed by atoms with Crippen molar-refractivity contribution in [2.75, 3.05) is 6.61 Å². The van der Waals surface area contributed by atoms with Crippen LogP contribution in [0.4, 0.5) is 0 Å². The van der Waals surface area contributed by atoms with Crippen LogP contribution in [0.1, 0.15) is 26.7 Å². The molecule has 0 radical (unpaired) electrons. The molecule has 0 aromatic heterocycles. The van der Waals surface area contributed by atoms with Gasteiger partial charge in [-0.25, -0.2) is 0 Å². The summed E-state index contributed by atoms with van der Waals surface area (Å²) in [5.74, 6) is -0.806. The van der Waals surface area contributed by atoms with E-state index in [2.05, 4.69) is 5.32 Å². The molecule has 0 fully saturated rings. The number of primary amides is 1. The van der Waals surface area contributed by atoms with Crippen molar-refractivity contribution < 1.29 is 14.7 Å². The molecule has 1 atom stereocenters. The van der Waals surface area contributed by atoms with E-state index in [0.717, 1.165) is 0 Å². The van der Waals surface area contributed by atoms with Crippen LogP contribution in [0.15, 0.2) is 0 Å². The van der Waals surface area contributed by atoms with Gasteiger partial charge in [-0.3, -0.25) is 9.59 Å². The van der Waals surface area contributed by atoms with Gasteiger partial charge in [-0.15, -0.1) is 0 Å². The fraction of sp³-hybridized carbons (Fsp3) is 0.778. The topological polar surface area (TPSA) is 92.4 Å². The van der Waals surface area contributed by atoms with Gasteiger partial charge in [-0.1, -0.05) is 13.8 Å². The highest BCUT2D eigenvalue weighted by Crippen LogP contribution is 2.01. The molecule has 0 spiro atoms. The number of carbonyl (C=O) groups is 2. The molecule has 0 rings (SSSR count). The smallest absolute Gasteiger partial charge is 0.240 e. The van der Waals surface area contributed by atoms with Crippen LogP contribution in [-0.2, 0) is 9.59 Å². The molecule has 5 heteroatoms. The molecule has 82 valence electrons. The highest BCUT2D eigenvalue weighted by molar-refractivity contribution is 5.86. The summed E-state index contributed by atoms with van der Waals surface area (Å²) in [6.45, 7) is 3.58. The Morgan fingerprint density at radius 1 is 1.43 bits per heavy atom. The van der Waals surface area contributed by atoms with Gasteiger partial charge in [0.15, 0.2) is 0 Å². The van der Waals surface area contributed by atoms with Gasteiger partial charge in [0.2, 0.25) is 11.8 Å². The Labute approximate surface area is 83.7 Å². The average molecular weight is 202 g/mol. The molecule has 0 bridgehead atoms. The number of carbonyl (C=O) groups excluding carboxylic acids is 2. The molecule has 14 heavy (non-hydrogen) atoms. The van der Waals surface area contributed by atoms with Gasteiger partial charge >= 0.3 is 0 Å². The van der Waals surface area contributed by atoms with Gasteiger partial charge < -0.3 is 16.2 Å². The molecule has 5 nitrogen and oxygen atoms in total. The van der Waals surface area contributed by atoms with E-state index in [-0.39, 0.29) is 24.9 Å². The van der Waals surface area contributed by atoms with Crippen LogP contribution in [0.5, 0.6) is 0 Å². The van der Waals surface area contributed by atoms with E-state index in [1.165, 1.54) is 0 Å². The molecule has 1 unspecified atom stereocenters.